The third-order valence-corrected chi connectivity index (χ3v) is 2.74. The molecule has 0 saturated heterocycles. The first kappa shape index (κ1) is 13.4. The fourth-order valence-corrected chi connectivity index (χ4v) is 1.80. The molecular formula is C15H18N2O2. The van der Waals surface area contributed by atoms with Crippen molar-refractivity contribution in [2.45, 2.75) is 20.0 Å². The molecule has 0 radical (unpaired) electrons. The molecule has 2 rings (SSSR count). The summed E-state index contributed by atoms with van der Waals surface area (Å²) < 4.78 is 5.14. The number of hydrogen-bond acceptors (Lipinski definition) is 3. The number of nitrogens with one attached hydrogen (secondary N) is 2. The second-order valence-corrected chi connectivity index (χ2v) is 4.45. The Bertz CT molecular complexity index is 521. The summed E-state index contributed by atoms with van der Waals surface area (Å²) in [5.74, 6) is 0.719. The van der Waals surface area contributed by atoms with E-state index in [1.165, 1.54) is 11.1 Å². The van der Waals surface area contributed by atoms with E-state index in [2.05, 4.69) is 29.7 Å². The van der Waals surface area contributed by atoms with Crippen LogP contribution in [0.25, 0.3) is 0 Å². The van der Waals surface area contributed by atoms with E-state index in [0.717, 1.165) is 5.76 Å². The minimum atomic E-state index is -0.0379. The maximum absolute atomic E-state index is 11.6. The molecule has 0 aliphatic carbocycles. The Hall–Kier alpha value is -2.07. The van der Waals surface area contributed by atoms with Crippen LogP contribution in [0.15, 0.2) is 47.1 Å². The Balaban J connectivity index is 1.66. The Morgan fingerprint density at radius 1 is 1.21 bits per heavy atom. The van der Waals surface area contributed by atoms with Crippen molar-refractivity contribution in [2.75, 3.05) is 6.54 Å². The van der Waals surface area contributed by atoms with Crippen LogP contribution in [0.1, 0.15) is 16.9 Å². The average Bonchev–Trinajstić information content (AvgIpc) is 2.89. The lowest BCUT2D eigenvalue weighted by molar-refractivity contribution is -0.120. The largest absolute Gasteiger partial charge is 0.467 e. The van der Waals surface area contributed by atoms with E-state index in [1.54, 1.807) is 12.3 Å². The highest BCUT2D eigenvalue weighted by atomic mass is 16.3. The number of benzene rings is 1. The highest BCUT2D eigenvalue weighted by Gasteiger charge is 2.02. The van der Waals surface area contributed by atoms with E-state index in [4.69, 9.17) is 4.42 Å². The van der Waals surface area contributed by atoms with Crippen molar-refractivity contribution in [1.29, 1.82) is 0 Å². The summed E-state index contributed by atoms with van der Waals surface area (Å²) >= 11 is 0. The highest BCUT2D eigenvalue weighted by Crippen LogP contribution is 2.03. The zero-order valence-electron chi connectivity index (χ0n) is 11.0. The van der Waals surface area contributed by atoms with Crippen LogP contribution < -0.4 is 10.6 Å². The molecule has 4 heteroatoms. The highest BCUT2D eigenvalue weighted by molar-refractivity contribution is 5.77. The lowest BCUT2D eigenvalue weighted by atomic mass is 10.1. The predicted molar refractivity (Wildman–Crippen MR) is 73.4 cm³/mol. The Morgan fingerprint density at radius 3 is 2.84 bits per heavy atom. The first-order valence-electron chi connectivity index (χ1n) is 6.29. The minimum absolute atomic E-state index is 0.0379. The molecule has 2 N–H and O–H groups in total. The summed E-state index contributed by atoms with van der Waals surface area (Å²) in [6.07, 6.45) is 1.59. The van der Waals surface area contributed by atoms with Gasteiger partial charge in [0.05, 0.1) is 19.4 Å². The van der Waals surface area contributed by atoms with Crippen molar-refractivity contribution in [1.82, 2.24) is 10.6 Å². The molecule has 100 valence electrons. The van der Waals surface area contributed by atoms with E-state index < -0.39 is 0 Å². The van der Waals surface area contributed by atoms with Gasteiger partial charge in [0.25, 0.3) is 0 Å². The summed E-state index contributed by atoms with van der Waals surface area (Å²) in [6, 6.07) is 11.9. The number of aryl methyl sites for hydroxylation is 1. The first-order valence-corrected chi connectivity index (χ1v) is 6.29. The van der Waals surface area contributed by atoms with Gasteiger partial charge in [-0.15, -0.1) is 0 Å². The van der Waals surface area contributed by atoms with Gasteiger partial charge in [0.15, 0.2) is 0 Å². The van der Waals surface area contributed by atoms with Crippen LogP contribution in [-0.2, 0) is 17.9 Å². The van der Waals surface area contributed by atoms with Crippen LogP contribution in [0.2, 0.25) is 0 Å². The van der Waals surface area contributed by atoms with Gasteiger partial charge in [-0.25, -0.2) is 0 Å². The number of rotatable bonds is 6. The van der Waals surface area contributed by atoms with E-state index >= 15 is 0 Å². The zero-order valence-corrected chi connectivity index (χ0v) is 11.0. The van der Waals surface area contributed by atoms with E-state index in [1.807, 2.05) is 18.2 Å². The third kappa shape index (κ3) is 4.60. The van der Waals surface area contributed by atoms with Crippen LogP contribution in [0.3, 0.4) is 0 Å². The quantitative estimate of drug-likeness (QED) is 0.833. The van der Waals surface area contributed by atoms with Crippen molar-refractivity contribution in [3.63, 3.8) is 0 Å². The molecular weight excluding hydrogens is 240 g/mol. The molecule has 0 unspecified atom stereocenters. The fourth-order valence-electron chi connectivity index (χ4n) is 1.80. The standard InChI is InChI=1S/C15H18N2O2/c1-12-4-2-5-13(8-12)9-16-11-15(18)17-10-14-6-3-7-19-14/h2-8,16H,9-11H2,1H3,(H,17,18). The number of carbonyl (C=O) groups excluding carboxylic acids is 1. The molecule has 0 bridgehead atoms. The van der Waals surface area contributed by atoms with Crippen molar-refractivity contribution in [2.24, 2.45) is 0 Å². The molecule has 0 saturated carbocycles. The van der Waals surface area contributed by atoms with Gasteiger partial charge in [0, 0.05) is 6.54 Å². The van der Waals surface area contributed by atoms with Gasteiger partial charge in [-0.3, -0.25) is 4.79 Å². The normalized spacial score (nSPS) is 10.4. The Kier molecular flexibility index (Phi) is 4.75. The van der Waals surface area contributed by atoms with Gasteiger partial charge in [0.2, 0.25) is 5.91 Å². The maximum atomic E-state index is 11.6. The number of carbonyl (C=O) groups is 1. The van der Waals surface area contributed by atoms with E-state index in [-0.39, 0.29) is 5.91 Å². The molecule has 1 aromatic carbocycles. The van der Waals surface area contributed by atoms with Gasteiger partial charge in [-0.05, 0) is 24.6 Å². The summed E-state index contributed by atoms with van der Waals surface area (Å²) in [7, 11) is 0. The molecule has 0 aliphatic heterocycles. The summed E-state index contributed by atoms with van der Waals surface area (Å²) in [5.41, 5.74) is 2.40. The molecule has 1 amide bonds. The van der Waals surface area contributed by atoms with Crippen LogP contribution in [-0.4, -0.2) is 12.5 Å². The first-order chi connectivity index (χ1) is 9.24. The van der Waals surface area contributed by atoms with Crippen LogP contribution in [0, 0.1) is 6.92 Å². The van der Waals surface area contributed by atoms with E-state index in [9.17, 15) is 4.79 Å². The fraction of sp³-hybridized carbons (Fsp3) is 0.267. The smallest absolute Gasteiger partial charge is 0.234 e. The molecule has 4 nitrogen and oxygen atoms in total. The molecule has 0 spiro atoms. The Morgan fingerprint density at radius 2 is 2.11 bits per heavy atom. The van der Waals surface area contributed by atoms with Gasteiger partial charge in [-0.1, -0.05) is 29.8 Å². The van der Waals surface area contributed by atoms with Crippen LogP contribution in [0.4, 0.5) is 0 Å². The maximum Gasteiger partial charge on any atom is 0.234 e. The molecule has 2 aromatic rings. The molecule has 19 heavy (non-hydrogen) atoms. The topological polar surface area (TPSA) is 54.3 Å². The lowest BCUT2D eigenvalue weighted by Gasteiger charge is -2.06. The van der Waals surface area contributed by atoms with Crippen molar-refractivity contribution >= 4 is 5.91 Å². The van der Waals surface area contributed by atoms with Crippen LogP contribution in [0.5, 0.6) is 0 Å². The summed E-state index contributed by atoms with van der Waals surface area (Å²) in [4.78, 5) is 11.6. The molecule has 0 fully saturated rings. The number of amides is 1. The average molecular weight is 258 g/mol. The van der Waals surface area contributed by atoms with Crippen molar-refractivity contribution < 1.29 is 9.21 Å². The second-order valence-electron chi connectivity index (χ2n) is 4.45. The van der Waals surface area contributed by atoms with Gasteiger partial charge >= 0.3 is 0 Å². The summed E-state index contributed by atoms with van der Waals surface area (Å²) in [6.45, 7) is 3.47. The SMILES string of the molecule is Cc1cccc(CNCC(=O)NCc2ccco2)c1. The Labute approximate surface area is 112 Å². The van der Waals surface area contributed by atoms with Gasteiger partial charge in [0.1, 0.15) is 5.76 Å². The van der Waals surface area contributed by atoms with Gasteiger partial charge in [-0.2, -0.15) is 0 Å². The van der Waals surface area contributed by atoms with Crippen molar-refractivity contribution in [3.05, 3.63) is 59.5 Å². The van der Waals surface area contributed by atoms with Crippen molar-refractivity contribution in [3.8, 4) is 0 Å². The van der Waals surface area contributed by atoms with Crippen LogP contribution >= 0.6 is 0 Å². The number of hydrogen-bond donors (Lipinski definition) is 2. The zero-order chi connectivity index (χ0) is 13.5. The van der Waals surface area contributed by atoms with E-state index in [0.29, 0.717) is 19.6 Å². The monoisotopic (exact) mass is 258 g/mol. The molecule has 1 heterocycles. The second kappa shape index (κ2) is 6.75. The predicted octanol–water partition coefficient (Wildman–Crippen LogP) is 1.99. The molecule has 1 aromatic heterocycles. The number of furan rings is 1. The molecule has 0 atom stereocenters. The van der Waals surface area contributed by atoms with Gasteiger partial charge < -0.3 is 15.1 Å². The summed E-state index contributed by atoms with van der Waals surface area (Å²) in [5, 5.41) is 5.90. The lowest BCUT2D eigenvalue weighted by Crippen LogP contribution is -2.33. The third-order valence-electron chi connectivity index (χ3n) is 2.74. The molecule has 0 aliphatic rings. The minimum Gasteiger partial charge on any atom is -0.467 e.